The summed E-state index contributed by atoms with van der Waals surface area (Å²) >= 11 is 0. The molecule has 1 rings (SSSR count). The molecular weight excluding hydrogens is 234 g/mol. The number of carbonyl (C=O) groups excluding carboxylic acids is 1. The van der Waals surface area contributed by atoms with Gasteiger partial charge in [-0.05, 0) is 26.0 Å². The SMILES string of the molecule is Cc1cc(OC(=O)N(C)C)cc(C)c1[S+](C)C. The number of benzene rings is 1. The molecule has 0 unspecified atom stereocenters. The topological polar surface area (TPSA) is 29.5 Å². The van der Waals surface area contributed by atoms with Crippen LogP contribution in [0.4, 0.5) is 4.79 Å². The van der Waals surface area contributed by atoms with Crippen LogP contribution in [0.5, 0.6) is 5.75 Å². The molecule has 1 amide bonds. The molecule has 0 aliphatic rings. The first-order valence-electron chi connectivity index (χ1n) is 5.41. The van der Waals surface area contributed by atoms with Crippen LogP contribution >= 0.6 is 0 Å². The first kappa shape index (κ1) is 13.9. The highest BCUT2D eigenvalue weighted by Gasteiger charge is 2.18. The van der Waals surface area contributed by atoms with Gasteiger partial charge in [0, 0.05) is 36.1 Å². The van der Waals surface area contributed by atoms with E-state index in [-0.39, 0.29) is 17.0 Å². The Morgan fingerprint density at radius 3 is 2.00 bits per heavy atom. The highest BCUT2D eigenvalue weighted by Crippen LogP contribution is 2.26. The second kappa shape index (κ2) is 5.45. The van der Waals surface area contributed by atoms with Gasteiger partial charge in [-0.1, -0.05) is 0 Å². The van der Waals surface area contributed by atoms with Gasteiger partial charge in [-0.2, -0.15) is 0 Å². The van der Waals surface area contributed by atoms with Crippen LogP contribution in [-0.2, 0) is 10.9 Å². The highest BCUT2D eigenvalue weighted by molar-refractivity contribution is 7.95. The molecule has 1 aromatic carbocycles. The molecule has 94 valence electrons. The molecule has 0 heterocycles. The van der Waals surface area contributed by atoms with Crippen molar-refractivity contribution < 1.29 is 9.53 Å². The Bertz CT molecular complexity index is 404. The molecule has 0 aliphatic heterocycles. The van der Waals surface area contributed by atoms with E-state index < -0.39 is 0 Å². The third kappa shape index (κ3) is 3.40. The minimum Gasteiger partial charge on any atom is -0.410 e. The molecular formula is C13H20NO2S+. The summed E-state index contributed by atoms with van der Waals surface area (Å²) in [5, 5.41) is 0. The average molecular weight is 254 g/mol. The maximum Gasteiger partial charge on any atom is 0.414 e. The van der Waals surface area contributed by atoms with Crippen molar-refractivity contribution in [2.24, 2.45) is 0 Å². The number of amides is 1. The smallest absolute Gasteiger partial charge is 0.410 e. The summed E-state index contributed by atoms with van der Waals surface area (Å²) < 4.78 is 5.26. The van der Waals surface area contributed by atoms with Gasteiger partial charge in [0.25, 0.3) is 0 Å². The van der Waals surface area contributed by atoms with E-state index in [9.17, 15) is 4.79 Å². The molecule has 0 atom stereocenters. The fourth-order valence-electron chi connectivity index (χ4n) is 1.81. The van der Waals surface area contributed by atoms with E-state index in [0.29, 0.717) is 5.75 Å². The molecule has 0 aromatic heterocycles. The van der Waals surface area contributed by atoms with Gasteiger partial charge in [-0.3, -0.25) is 0 Å². The molecule has 4 heteroatoms. The minimum atomic E-state index is -0.344. The molecule has 0 N–H and O–H groups in total. The molecule has 0 aliphatic carbocycles. The molecule has 0 fully saturated rings. The Kier molecular flexibility index (Phi) is 4.46. The van der Waals surface area contributed by atoms with Crippen LogP contribution < -0.4 is 4.74 Å². The lowest BCUT2D eigenvalue weighted by atomic mass is 10.1. The molecule has 3 nitrogen and oxygen atoms in total. The predicted octanol–water partition coefficient (Wildman–Crippen LogP) is 2.60. The molecule has 0 spiro atoms. The van der Waals surface area contributed by atoms with E-state index in [1.807, 2.05) is 12.1 Å². The van der Waals surface area contributed by atoms with E-state index in [1.54, 1.807) is 14.1 Å². The summed E-state index contributed by atoms with van der Waals surface area (Å²) in [6.45, 7) is 4.12. The lowest BCUT2D eigenvalue weighted by Gasteiger charge is -2.13. The molecule has 1 aromatic rings. The Hall–Kier alpha value is -1.16. The van der Waals surface area contributed by atoms with Crippen LogP contribution in [0.1, 0.15) is 11.1 Å². The Morgan fingerprint density at radius 2 is 1.65 bits per heavy atom. The standard InChI is InChI=1S/C13H20NO2S/c1-9-7-11(16-13(15)14(3)4)8-10(2)12(9)17(5)6/h7-8H,1-6H3/q+1. The van der Waals surface area contributed by atoms with Crippen molar-refractivity contribution in [3.8, 4) is 5.75 Å². The zero-order valence-corrected chi connectivity index (χ0v) is 12.1. The van der Waals surface area contributed by atoms with Gasteiger partial charge in [-0.25, -0.2) is 4.79 Å². The average Bonchev–Trinajstić information content (AvgIpc) is 2.15. The predicted molar refractivity (Wildman–Crippen MR) is 73.1 cm³/mol. The maximum atomic E-state index is 11.5. The first-order chi connectivity index (χ1) is 7.82. The maximum absolute atomic E-state index is 11.5. The van der Waals surface area contributed by atoms with Crippen LogP contribution in [0.15, 0.2) is 17.0 Å². The quantitative estimate of drug-likeness (QED) is 0.759. The number of hydrogen-bond donors (Lipinski definition) is 0. The van der Waals surface area contributed by atoms with Gasteiger partial charge in [0.15, 0.2) is 4.90 Å². The second-order valence-corrected chi connectivity index (χ2v) is 6.51. The molecule has 0 bridgehead atoms. The van der Waals surface area contributed by atoms with Crippen molar-refractivity contribution in [1.29, 1.82) is 0 Å². The van der Waals surface area contributed by atoms with Crippen LogP contribution in [0, 0.1) is 13.8 Å². The normalized spacial score (nSPS) is 10.5. The summed E-state index contributed by atoms with van der Waals surface area (Å²) in [6, 6.07) is 3.85. The number of carbonyl (C=O) groups is 1. The largest absolute Gasteiger partial charge is 0.414 e. The van der Waals surface area contributed by atoms with Crippen LogP contribution in [0.25, 0.3) is 0 Å². The minimum absolute atomic E-state index is 0.217. The van der Waals surface area contributed by atoms with Gasteiger partial charge in [0.2, 0.25) is 0 Å². The molecule has 0 saturated heterocycles. The lowest BCUT2D eigenvalue weighted by Crippen LogP contribution is -2.25. The van der Waals surface area contributed by atoms with Crippen molar-refractivity contribution in [3.63, 3.8) is 0 Å². The molecule has 0 radical (unpaired) electrons. The second-order valence-electron chi connectivity index (χ2n) is 4.47. The van der Waals surface area contributed by atoms with E-state index in [4.69, 9.17) is 4.74 Å². The number of rotatable bonds is 2. The fourth-order valence-corrected chi connectivity index (χ4v) is 3.21. The van der Waals surface area contributed by atoms with Crippen LogP contribution in [0.3, 0.4) is 0 Å². The number of hydrogen-bond acceptors (Lipinski definition) is 2. The summed E-state index contributed by atoms with van der Waals surface area (Å²) in [4.78, 5) is 14.2. The first-order valence-corrected chi connectivity index (χ1v) is 7.45. The van der Waals surface area contributed by atoms with Crippen molar-refractivity contribution in [1.82, 2.24) is 4.90 Å². The van der Waals surface area contributed by atoms with Crippen molar-refractivity contribution in [3.05, 3.63) is 23.3 Å². The Labute approximate surface area is 106 Å². The third-order valence-corrected chi connectivity index (χ3v) is 3.87. The van der Waals surface area contributed by atoms with E-state index in [0.717, 1.165) is 0 Å². The number of ether oxygens (including phenoxy) is 1. The van der Waals surface area contributed by atoms with E-state index >= 15 is 0 Å². The summed E-state index contributed by atoms with van der Waals surface area (Å²) in [5.41, 5.74) is 2.36. The van der Waals surface area contributed by atoms with Gasteiger partial charge < -0.3 is 9.64 Å². The molecule has 0 saturated carbocycles. The summed E-state index contributed by atoms with van der Waals surface area (Å²) in [7, 11) is 3.56. The van der Waals surface area contributed by atoms with Crippen LogP contribution in [0.2, 0.25) is 0 Å². The highest BCUT2D eigenvalue weighted by atomic mass is 32.2. The fraction of sp³-hybridized carbons (Fsp3) is 0.462. The third-order valence-electron chi connectivity index (χ3n) is 2.41. The van der Waals surface area contributed by atoms with Crippen molar-refractivity contribution in [2.75, 3.05) is 26.6 Å². The summed E-state index contributed by atoms with van der Waals surface area (Å²) in [6.07, 6.45) is 4.05. The van der Waals surface area contributed by atoms with Crippen molar-refractivity contribution in [2.45, 2.75) is 18.7 Å². The Morgan fingerprint density at radius 1 is 1.18 bits per heavy atom. The van der Waals surface area contributed by atoms with Gasteiger partial charge in [-0.15, -0.1) is 0 Å². The van der Waals surface area contributed by atoms with E-state index in [1.165, 1.54) is 20.9 Å². The lowest BCUT2D eigenvalue weighted by molar-refractivity contribution is 0.172. The Balaban J connectivity index is 3.03. The van der Waals surface area contributed by atoms with E-state index in [2.05, 4.69) is 26.4 Å². The summed E-state index contributed by atoms with van der Waals surface area (Å²) in [5.74, 6) is 0.618. The van der Waals surface area contributed by atoms with Crippen LogP contribution in [-0.4, -0.2) is 37.6 Å². The van der Waals surface area contributed by atoms with Gasteiger partial charge >= 0.3 is 6.09 Å². The monoisotopic (exact) mass is 254 g/mol. The van der Waals surface area contributed by atoms with Crippen molar-refractivity contribution >= 4 is 17.0 Å². The zero-order valence-electron chi connectivity index (χ0n) is 11.3. The number of nitrogens with zero attached hydrogens (tertiary/aromatic N) is 1. The zero-order chi connectivity index (χ0) is 13.2. The van der Waals surface area contributed by atoms with Gasteiger partial charge in [0.05, 0.1) is 0 Å². The molecule has 17 heavy (non-hydrogen) atoms. The van der Waals surface area contributed by atoms with Gasteiger partial charge in [0.1, 0.15) is 18.3 Å². The number of aryl methyl sites for hydroxylation is 2.